The quantitative estimate of drug-likeness (QED) is 0.461. The summed E-state index contributed by atoms with van der Waals surface area (Å²) in [5.41, 5.74) is 5.18. The Morgan fingerprint density at radius 1 is 1.24 bits per heavy atom. The lowest BCUT2D eigenvalue weighted by Gasteiger charge is -2.34. The van der Waals surface area contributed by atoms with Gasteiger partial charge in [-0.05, 0) is 19.8 Å². The number of nitrogens with zero attached hydrogens (tertiary/aromatic N) is 1. The fourth-order valence-corrected chi connectivity index (χ4v) is 3.15. The first-order valence-electron chi connectivity index (χ1n) is 7.65. The van der Waals surface area contributed by atoms with Crippen molar-refractivity contribution < 1.29 is 14.3 Å². The van der Waals surface area contributed by atoms with Gasteiger partial charge < -0.3 is 15.4 Å². The van der Waals surface area contributed by atoms with Crippen LogP contribution in [0.5, 0.6) is 0 Å². The number of carbonyl (C=O) groups is 2. The van der Waals surface area contributed by atoms with Gasteiger partial charge in [0.05, 0.1) is 23.4 Å². The van der Waals surface area contributed by atoms with E-state index in [0.29, 0.717) is 26.0 Å². The van der Waals surface area contributed by atoms with Gasteiger partial charge in [-0.15, -0.1) is 0 Å². The molecule has 0 heterocycles. The highest BCUT2D eigenvalue weighted by atomic mass is 32.1. The van der Waals surface area contributed by atoms with Crippen molar-refractivity contribution in [2.75, 3.05) is 20.2 Å². The monoisotopic (exact) mass is 314 g/mol. The topological polar surface area (TPSA) is 72.6 Å². The SMILES string of the molecule is CCOC(=O)CCN(C)C(=O)C1(C(N)=S)CCCCCC1. The molecule has 0 bridgehead atoms. The normalized spacial score (nSPS) is 17.6. The molecule has 0 unspecified atom stereocenters. The number of esters is 1. The molecule has 1 amide bonds. The smallest absolute Gasteiger partial charge is 0.307 e. The van der Waals surface area contributed by atoms with Crippen molar-refractivity contribution in [1.82, 2.24) is 4.90 Å². The van der Waals surface area contributed by atoms with E-state index in [0.717, 1.165) is 25.7 Å². The Balaban J connectivity index is 2.71. The summed E-state index contributed by atoms with van der Waals surface area (Å²) in [5.74, 6) is -0.344. The van der Waals surface area contributed by atoms with Crippen LogP contribution in [0.4, 0.5) is 0 Å². The zero-order valence-electron chi connectivity index (χ0n) is 13.0. The van der Waals surface area contributed by atoms with Crippen molar-refractivity contribution in [3.63, 3.8) is 0 Å². The van der Waals surface area contributed by atoms with Crippen LogP contribution in [0.3, 0.4) is 0 Å². The van der Waals surface area contributed by atoms with Crippen molar-refractivity contribution in [1.29, 1.82) is 0 Å². The van der Waals surface area contributed by atoms with E-state index < -0.39 is 5.41 Å². The fourth-order valence-electron chi connectivity index (χ4n) is 2.86. The molecule has 120 valence electrons. The predicted octanol–water partition coefficient (Wildman–Crippen LogP) is 2.02. The van der Waals surface area contributed by atoms with Gasteiger partial charge >= 0.3 is 5.97 Å². The van der Waals surface area contributed by atoms with Gasteiger partial charge in [0.1, 0.15) is 0 Å². The van der Waals surface area contributed by atoms with E-state index in [1.54, 1.807) is 18.9 Å². The van der Waals surface area contributed by atoms with Crippen molar-refractivity contribution in [3.05, 3.63) is 0 Å². The van der Waals surface area contributed by atoms with Crippen LogP contribution in [0.2, 0.25) is 0 Å². The third-order valence-electron chi connectivity index (χ3n) is 4.14. The summed E-state index contributed by atoms with van der Waals surface area (Å²) in [7, 11) is 1.70. The number of ether oxygens (including phenoxy) is 1. The second-order valence-corrected chi connectivity index (χ2v) is 6.08. The maximum Gasteiger partial charge on any atom is 0.307 e. The lowest BCUT2D eigenvalue weighted by molar-refractivity contribution is -0.144. The van der Waals surface area contributed by atoms with Crippen molar-refractivity contribution >= 4 is 29.1 Å². The molecule has 0 aromatic heterocycles. The highest BCUT2D eigenvalue weighted by Crippen LogP contribution is 2.37. The molecule has 0 atom stereocenters. The van der Waals surface area contributed by atoms with Gasteiger partial charge in [0.15, 0.2) is 0 Å². The van der Waals surface area contributed by atoms with Crippen LogP contribution < -0.4 is 5.73 Å². The molecule has 1 fully saturated rings. The summed E-state index contributed by atoms with van der Waals surface area (Å²) in [4.78, 5) is 26.1. The van der Waals surface area contributed by atoms with Crippen molar-refractivity contribution in [3.8, 4) is 0 Å². The molecular formula is C15H26N2O3S. The van der Waals surface area contributed by atoms with E-state index in [4.69, 9.17) is 22.7 Å². The van der Waals surface area contributed by atoms with Crippen molar-refractivity contribution in [2.24, 2.45) is 11.1 Å². The molecule has 1 aliphatic carbocycles. The first kappa shape index (κ1) is 17.9. The molecule has 0 saturated heterocycles. The molecule has 0 radical (unpaired) electrons. The number of rotatable bonds is 6. The average molecular weight is 314 g/mol. The largest absolute Gasteiger partial charge is 0.466 e. The highest BCUT2D eigenvalue weighted by molar-refractivity contribution is 7.80. The lowest BCUT2D eigenvalue weighted by atomic mass is 9.79. The lowest BCUT2D eigenvalue weighted by Crippen LogP contribution is -2.49. The standard InChI is InChI=1S/C15H26N2O3S/c1-3-20-12(18)8-11-17(2)14(19)15(13(16)21)9-6-4-5-7-10-15/h3-11H2,1-2H3,(H2,16,21). The second kappa shape index (κ2) is 8.32. The Morgan fingerprint density at radius 3 is 2.29 bits per heavy atom. The van der Waals surface area contributed by atoms with Gasteiger partial charge in [-0.1, -0.05) is 37.9 Å². The van der Waals surface area contributed by atoms with Crippen LogP contribution in [0.25, 0.3) is 0 Å². The van der Waals surface area contributed by atoms with Gasteiger partial charge in [-0.2, -0.15) is 0 Å². The van der Waals surface area contributed by atoms with E-state index in [-0.39, 0.29) is 23.3 Å². The Hall–Kier alpha value is -1.17. The van der Waals surface area contributed by atoms with Crippen LogP contribution in [0.1, 0.15) is 51.9 Å². The highest BCUT2D eigenvalue weighted by Gasteiger charge is 2.43. The van der Waals surface area contributed by atoms with Crippen LogP contribution in [0, 0.1) is 5.41 Å². The molecule has 21 heavy (non-hydrogen) atoms. The minimum atomic E-state index is -0.727. The number of amides is 1. The third-order valence-corrected chi connectivity index (χ3v) is 4.53. The number of hydrogen-bond acceptors (Lipinski definition) is 4. The number of hydrogen-bond donors (Lipinski definition) is 1. The zero-order chi connectivity index (χ0) is 15.9. The molecule has 6 heteroatoms. The van der Waals surface area contributed by atoms with Gasteiger partial charge in [-0.3, -0.25) is 9.59 Å². The van der Waals surface area contributed by atoms with Gasteiger partial charge in [0.2, 0.25) is 5.91 Å². The minimum absolute atomic E-state index is 0.0544. The molecule has 0 aromatic rings. The molecule has 1 saturated carbocycles. The summed E-state index contributed by atoms with van der Waals surface area (Å²) < 4.78 is 4.88. The van der Waals surface area contributed by atoms with E-state index in [1.807, 2.05) is 0 Å². The van der Waals surface area contributed by atoms with Crippen molar-refractivity contribution in [2.45, 2.75) is 51.9 Å². The summed E-state index contributed by atoms with van der Waals surface area (Å²) in [6, 6.07) is 0. The molecule has 5 nitrogen and oxygen atoms in total. The molecular weight excluding hydrogens is 288 g/mol. The fraction of sp³-hybridized carbons (Fsp3) is 0.800. The number of carbonyl (C=O) groups excluding carboxylic acids is 2. The number of nitrogens with two attached hydrogens (primary N) is 1. The van der Waals surface area contributed by atoms with E-state index >= 15 is 0 Å². The van der Waals surface area contributed by atoms with Crippen LogP contribution in [0.15, 0.2) is 0 Å². The van der Waals surface area contributed by atoms with E-state index in [9.17, 15) is 9.59 Å². The Kier molecular flexibility index (Phi) is 7.08. The van der Waals surface area contributed by atoms with E-state index in [2.05, 4.69) is 0 Å². The van der Waals surface area contributed by atoms with Gasteiger partial charge in [0.25, 0.3) is 0 Å². The van der Waals surface area contributed by atoms with Crippen LogP contribution in [-0.2, 0) is 14.3 Å². The first-order chi connectivity index (χ1) is 9.94. The predicted molar refractivity (Wildman–Crippen MR) is 85.8 cm³/mol. The Morgan fingerprint density at radius 2 is 1.81 bits per heavy atom. The Bertz CT molecular complexity index is 390. The summed E-state index contributed by atoms with van der Waals surface area (Å²) in [5, 5.41) is 0. The van der Waals surface area contributed by atoms with E-state index in [1.165, 1.54) is 0 Å². The summed E-state index contributed by atoms with van der Waals surface area (Å²) >= 11 is 5.20. The summed E-state index contributed by atoms with van der Waals surface area (Å²) in [6.07, 6.45) is 5.79. The molecule has 2 N–H and O–H groups in total. The Labute approximate surface area is 132 Å². The van der Waals surface area contributed by atoms with Gasteiger partial charge in [0, 0.05) is 13.6 Å². The third kappa shape index (κ3) is 4.66. The minimum Gasteiger partial charge on any atom is -0.466 e. The average Bonchev–Trinajstić information content (AvgIpc) is 2.71. The summed E-state index contributed by atoms with van der Waals surface area (Å²) in [6.45, 7) is 2.45. The number of thiocarbonyl (C=S) groups is 1. The maximum absolute atomic E-state index is 12.8. The van der Waals surface area contributed by atoms with Gasteiger partial charge in [-0.25, -0.2) is 0 Å². The second-order valence-electron chi connectivity index (χ2n) is 5.64. The molecule has 1 rings (SSSR count). The van der Waals surface area contributed by atoms with Crippen LogP contribution in [-0.4, -0.2) is 42.0 Å². The maximum atomic E-state index is 12.8. The molecule has 0 spiro atoms. The molecule has 0 aromatic carbocycles. The first-order valence-corrected chi connectivity index (χ1v) is 8.06. The van der Waals surface area contributed by atoms with Crippen LogP contribution >= 0.6 is 12.2 Å². The zero-order valence-corrected chi connectivity index (χ0v) is 13.8. The molecule has 0 aliphatic heterocycles. The molecule has 1 aliphatic rings.